The molecule has 0 aliphatic heterocycles. The van der Waals surface area contributed by atoms with Crippen LogP contribution in [0.5, 0.6) is 0 Å². The summed E-state index contributed by atoms with van der Waals surface area (Å²) in [5, 5.41) is 8.55. The van der Waals surface area contributed by atoms with Crippen molar-refractivity contribution in [3.8, 4) is 0 Å². The maximum absolute atomic E-state index is 8.55. The summed E-state index contributed by atoms with van der Waals surface area (Å²) in [7, 11) is 1.52. The molecule has 0 aliphatic carbocycles. The minimum absolute atomic E-state index is 0. The predicted octanol–water partition coefficient (Wildman–Crippen LogP) is -0.583. The first-order chi connectivity index (χ1) is 3.66. The second-order valence-electron chi connectivity index (χ2n) is 1.54. The molecule has 0 saturated carbocycles. The van der Waals surface area contributed by atoms with Crippen molar-refractivity contribution >= 4 is 48.9 Å². The van der Waals surface area contributed by atoms with E-state index in [9.17, 15) is 0 Å². The van der Waals surface area contributed by atoms with E-state index in [0.29, 0.717) is 0 Å². The summed E-state index contributed by atoms with van der Waals surface area (Å²) >= 11 is 0. The zero-order valence-electron chi connectivity index (χ0n) is 5.42. The zero-order chi connectivity index (χ0) is 6.57. The van der Waals surface area contributed by atoms with Crippen molar-refractivity contribution in [1.82, 2.24) is 0 Å². The van der Waals surface area contributed by atoms with E-state index in [1.807, 2.05) is 0 Å². The van der Waals surface area contributed by atoms with E-state index in [-0.39, 0.29) is 55.2 Å². The second-order valence-corrected chi connectivity index (χ2v) is 1.54. The molecule has 0 aromatic rings. The topological polar surface area (TPSA) is 38.7 Å². The summed E-state index contributed by atoms with van der Waals surface area (Å²) in [6.45, 7) is 3.25. The molecule has 0 saturated heterocycles. The van der Waals surface area contributed by atoms with Gasteiger partial charge in [0.05, 0.1) is 0 Å². The summed E-state index contributed by atoms with van der Waals surface area (Å²) < 4.78 is 9.41. The van der Waals surface area contributed by atoms with Crippen LogP contribution in [0.25, 0.3) is 0 Å². The van der Waals surface area contributed by atoms with E-state index in [1.165, 1.54) is 14.0 Å². The Labute approximate surface area is 95.8 Å². The van der Waals surface area contributed by atoms with Crippen molar-refractivity contribution in [2.24, 2.45) is 0 Å². The molecule has 0 spiro atoms. The quantitative estimate of drug-likeness (QED) is 0.544. The molecule has 0 heterocycles. The number of hydrogen-bond acceptors (Lipinski definition) is 3. The second kappa shape index (κ2) is 7.56. The summed E-state index contributed by atoms with van der Waals surface area (Å²) in [5.41, 5.74) is 0. The van der Waals surface area contributed by atoms with Crippen LogP contribution in [-0.2, 0) is 9.47 Å². The van der Waals surface area contributed by atoms with Gasteiger partial charge in [-0.1, -0.05) is 0 Å². The molecule has 1 N–H and O–H groups in total. The van der Waals surface area contributed by atoms with Crippen molar-refractivity contribution in [2.45, 2.75) is 26.4 Å². The van der Waals surface area contributed by atoms with Gasteiger partial charge in [-0.3, -0.25) is 0 Å². The average Bonchev–Trinajstić information content (AvgIpc) is 1.65. The average molecular weight is 259 g/mol. The molecule has 0 bridgehead atoms. The third kappa shape index (κ3) is 9.45. The van der Waals surface area contributed by atoms with E-state index in [2.05, 4.69) is 4.74 Å². The van der Waals surface area contributed by atoms with Crippen molar-refractivity contribution in [3.05, 3.63) is 0 Å². The molecular formula is C5H14BaO3. The van der Waals surface area contributed by atoms with Crippen molar-refractivity contribution in [1.29, 1.82) is 0 Å². The van der Waals surface area contributed by atoms with Gasteiger partial charge in [0.2, 0.25) is 0 Å². The third-order valence-corrected chi connectivity index (χ3v) is 0.721. The molecule has 0 rings (SSSR count). The first-order valence-corrected chi connectivity index (χ1v) is 2.53. The van der Waals surface area contributed by atoms with Gasteiger partial charge in [0.25, 0.3) is 0 Å². The van der Waals surface area contributed by atoms with Crippen LogP contribution in [0.3, 0.4) is 0 Å². The van der Waals surface area contributed by atoms with Gasteiger partial charge >= 0.3 is 48.9 Å². The zero-order valence-corrected chi connectivity index (χ0v) is 5.42. The fourth-order valence-electron chi connectivity index (χ4n) is 0.333. The monoisotopic (exact) mass is 260 g/mol. The normalized spacial score (nSPS) is 16.0. The number of rotatable bonds is 3. The molecule has 0 aromatic heterocycles. The van der Waals surface area contributed by atoms with Crippen LogP contribution < -0.4 is 0 Å². The van der Waals surface area contributed by atoms with Crippen LogP contribution >= 0.6 is 0 Å². The van der Waals surface area contributed by atoms with Gasteiger partial charge in [0, 0.05) is 7.11 Å². The van der Waals surface area contributed by atoms with E-state index >= 15 is 0 Å². The maximum atomic E-state index is 8.55. The Morgan fingerprint density at radius 2 is 1.78 bits per heavy atom. The van der Waals surface area contributed by atoms with E-state index in [1.54, 1.807) is 6.92 Å². The number of hydrogen-bond donors (Lipinski definition) is 1. The van der Waals surface area contributed by atoms with Crippen LogP contribution in [-0.4, -0.2) is 73.7 Å². The summed E-state index contributed by atoms with van der Waals surface area (Å²) in [6.07, 6.45) is -1.07. The Kier molecular flexibility index (Phi) is 11.0. The van der Waals surface area contributed by atoms with Crippen LogP contribution in [0.15, 0.2) is 0 Å². The number of aliphatic hydroxyl groups excluding tert-OH is 1. The van der Waals surface area contributed by atoms with Gasteiger partial charge in [-0.05, 0) is 13.8 Å². The number of aliphatic hydroxyl groups is 1. The minimum atomic E-state index is -0.745. The third-order valence-electron chi connectivity index (χ3n) is 0.721. The van der Waals surface area contributed by atoms with Crippen LogP contribution in [0.1, 0.15) is 13.8 Å². The molecule has 0 fully saturated rings. The fraction of sp³-hybridized carbons (Fsp3) is 1.00. The Morgan fingerprint density at radius 1 is 1.33 bits per heavy atom. The summed E-state index contributed by atoms with van der Waals surface area (Å²) in [6, 6.07) is 0. The summed E-state index contributed by atoms with van der Waals surface area (Å²) in [5.74, 6) is 0. The first kappa shape index (κ1) is 13.1. The molecule has 2 unspecified atom stereocenters. The Balaban J connectivity index is 0. The van der Waals surface area contributed by atoms with E-state index < -0.39 is 6.29 Å². The first-order valence-electron chi connectivity index (χ1n) is 2.53. The molecule has 9 heavy (non-hydrogen) atoms. The van der Waals surface area contributed by atoms with Gasteiger partial charge in [-0.15, -0.1) is 0 Å². The molecular weight excluding hydrogens is 245 g/mol. The van der Waals surface area contributed by atoms with Gasteiger partial charge in [-0.25, -0.2) is 0 Å². The number of methoxy groups -OCH3 is 1. The van der Waals surface area contributed by atoms with E-state index in [0.717, 1.165) is 0 Å². The van der Waals surface area contributed by atoms with Crippen LogP contribution in [0.2, 0.25) is 0 Å². The van der Waals surface area contributed by atoms with Crippen molar-refractivity contribution in [3.63, 3.8) is 0 Å². The van der Waals surface area contributed by atoms with Crippen LogP contribution in [0.4, 0.5) is 0 Å². The molecule has 54 valence electrons. The van der Waals surface area contributed by atoms with Crippen LogP contribution in [0, 0.1) is 0 Å². The molecule has 0 aromatic carbocycles. The molecule has 0 amide bonds. The van der Waals surface area contributed by atoms with Gasteiger partial charge in [-0.2, -0.15) is 0 Å². The molecule has 4 heteroatoms. The number of ether oxygens (including phenoxy) is 2. The predicted molar refractivity (Wildman–Crippen MR) is 37.8 cm³/mol. The molecule has 3 nitrogen and oxygen atoms in total. The van der Waals surface area contributed by atoms with Gasteiger partial charge in [0.15, 0.2) is 12.6 Å². The fourth-order valence-corrected chi connectivity index (χ4v) is 0.333. The Hall–Kier alpha value is 1.45. The Morgan fingerprint density at radius 3 is 1.89 bits per heavy atom. The van der Waals surface area contributed by atoms with Gasteiger partial charge in [0.1, 0.15) is 0 Å². The summed E-state index contributed by atoms with van der Waals surface area (Å²) in [4.78, 5) is 0. The van der Waals surface area contributed by atoms with Gasteiger partial charge < -0.3 is 14.6 Å². The van der Waals surface area contributed by atoms with Crippen molar-refractivity contribution in [2.75, 3.05) is 7.11 Å². The SMILES string of the molecule is COC(C)OC(C)O.[BaH2]. The molecule has 0 aliphatic rings. The van der Waals surface area contributed by atoms with Crippen molar-refractivity contribution < 1.29 is 14.6 Å². The standard InChI is InChI=1S/C5H12O3.Ba.2H/c1-4(6)8-5(2)7-3;;;/h4-6H,1-3H3;;;. The molecule has 0 radical (unpaired) electrons. The Bertz CT molecular complexity index is 58.2. The van der Waals surface area contributed by atoms with E-state index in [4.69, 9.17) is 9.84 Å². The molecule has 2 atom stereocenters.